The molecule has 1 saturated carbocycles. The molecule has 0 amide bonds. The maximum atomic E-state index is 12.1. The Balaban J connectivity index is 1.41. The Bertz CT molecular complexity index is 667. The Hall–Kier alpha value is -1.44. The molecule has 4 nitrogen and oxygen atoms in total. The van der Waals surface area contributed by atoms with Crippen molar-refractivity contribution in [3.63, 3.8) is 0 Å². The van der Waals surface area contributed by atoms with Crippen molar-refractivity contribution < 1.29 is 13.2 Å². The first kappa shape index (κ1) is 17.4. The number of hydrogen-bond donors (Lipinski definition) is 1. The van der Waals surface area contributed by atoms with Crippen LogP contribution < -0.4 is 4.90 Å². The monoisotopic (exact) mass is 358 g/mol. The number of alkyl halides is 3. The van der Waals surface area contributed by atoms with Gasteiger partial charge in [-0.05, 0) is 42.8 Å². The second kappa shape index (κ2) is 7.21. The zero-order valence-electron chi connectivity index (χ0n) is 13.5. The predicted octanol–water partition coefficient (Wildman–Crippen LogP) is 4.25. The standard InChI is InChI=1S/C16H21F3N4S/c1-23(15-13-3-5-20-14(13)21-10-22-15)12-7-11(8-12)9-24-6-2-4-16(17,18)19/h3,5,10-12H,2,4,6-9H2,1H3,(H,20,21,22)/t11-,12+. The molecule has 8 heteroatoms. The normalized spacial score (nSPS) is 21.0. The number of hydrogen-bond acceptors (Lipinski definition) is 4. The molecule has 0 spiro atoms. The molecule has 1 fully saturated rings. The van der Waals surface area contributed by atoms with Gasteiger partial charge < -0.3 is 9.88 Å². The van der Waals surface area contributed by atoms with E-state index >= 15 is 0 Å². The lowest BCUT2D eigenvalue weighted by Gasteiger charge is -2.41. The summed E-state index contributed by atoms with van der Waals surface area (Å²) < 4.78 is 36.2. The van der Waals surface area contributed by atoms with E-state index in [1.54, 1.807) is 18.1 Å². The first-order chi connectivity index (χ1) is 11.4. The van der Waals surface area contributed by atoms with E-state index < -0.39 is 12.6 Å². The highest BCUT2D eigenvalue weighted by molar-refractivity contribution is 7.99. The van der Waals surface area contributed by atoms with E-state index in [0.717, 1.165) is 35.4 Å². The SMILES string of the molecule is CN(c1ncnc2[nH]ccc12)[C@H]1C[C@@H](CSCCCC(F)(F)F)C1. The molecule has 0 atom stereocenters. The number of anilines is 1. The smallest absolute Gasteiger partial charge is 0.356 e. The number of nitrogens with one attached hydrogen (secondary N) is 1. The average Bonchev–Trinajstić information content (AvgIpc) is 2.95. The van der Waals surface area contributed by atoms with Crippen molar-refractivity contribution in [3.8, 4) is 0 Å². The van der Waals surface area contributed by atoms with Crippen LogP contribution in [0.5, 0.6) is 0 Å². The first-order valence-corrected chi connectivity index (χ1v) is 9.25. The van der Waals surface area contributed by atoms with Crippen LogP contribution in [0.4, 0.5) is 19.0 Å². The minimum Gasteiger partial charge on any atom is -0.356 e. The maximum absolute atomic E-state index is 12.1. The number of aromatic amines is 1. The number of rotatable bonds is 7. The fourth-order valence-corrected chi connectivity index (χ4v) is 4.21. The van der Waals surface area contributed by atoms with Crippen molar-refractivity contribution in [1.82, 2.24) is 15.0 Å². The van der Waals surface area contributed by atoms with E-state index in [0.29, 0.717) is 17.7 Å². The summed E-state index contributed by atoms with van der Waals surface area (Å²) in [4.78, 5) is 13.9. The number of H-pyrrole nitrogens is 1. The van der Waals surface area contributed by atoms with Crippen LogP contribution in [-0.4, -0.2) is 45.7 Å². The second-order valence-electron chi connectivity index (χ2n) is 6.33. The molecule has 0 saturated heterocycles. The van der Waals surface area contributed by atoms with Crippen LogP contribution in [0.2, 0.25) is 0 Å². The fraction of sp³-hybridized carbons (Fsp3) is 0.625. The summed E-state index contributed by atoms with van der Waals surface area (Å²) in [6.45, 7) is 0. The molecule has 1 aliphatic rings. The molecule has 0 unspecified atom stereocenters. The third kappa shape index (κ3) is 4.15. The Morgan fingerprint density at radius 1 is 1.33 bits per heavy atom. The third-order valence-electron chi connectivity index (χ3n) is 4.53. The summed E-state index contributed by atoms with van der Waals surface area (Å²) in [6, 6.07) is 2.42. The van der Waals surface area contributed by atoms with E-state index in [1.165, 1.54) is 0 Å². The van der Waals surface area contributed by atoms with Gasteiger partial charge >= 0.3 is 6.18 Å². The van der Waals surface area contributed by atoms with Gasteiger partial charge in [0, 0.05) is 25.7 Å². The number of nitrogens with zero attached hydrogens (tertiary/aromatic N) is 3. The summed E-state index contributed by atoms with van der Waals surface area (Å²) >= 11 is 1.64. The molecule has 2 heterocycles. The fourth-order valence-electron chi connectivity index (χ4n) is 3.09. The van der Waals surface area contributed by atoms with Gasteiger partial charge in [-0.25, -0.2) is 9.97 Å². The van der Waals surface area contributed by atoms with Gasteiger partial charge in [0.05, 0.1) is 5.39 Å². The van der Waals surface area contributed by atoms with Crippen LogP contribution in [-0.2, 0) is 0 Å². The van der Waals surface area contributed by atoms with Crippen LogP contribution in [0.25, 0.3) is 11.0 Å². The van der Waals surface area contributed by atoms with Gasteiger partial charge in [-0.15, -0.1) is 0 Å². The molecule has 0 bridgehead atoms. The van der Waals surface area contributed by atoms with Crippen LogP contribution in [0.3, 0.4) is 0 Å². The Morgan fingerprint density at radius 3 is 2.88 bits per heavy atom. The van der Waals surface area contributed by atoms with Crippen LogP contribution >= 0.6 is 11.8 Å². The molecule has 2 aromatic rings. The average molecular weight is 358 g/mol. The van der Waals surface area contributed by atoms with E-state index in [4.69, 9.17) is 0 Å². The highest BCUT2D eigenvalue weighted by atomic mass is 32.2. The quantitative estimate of drug-likeness (QED) is 0.752. The highest BCUT2D eigenvalue weighted by Crippen LogP contribution is 2.37. The Labute approximate surface area is 143 Å². The number of halogens is 3. The van der Waals surface area contributed by atoms with Gasteiger partial charge in [-0.1, -0.05) is 0 Å². The lowest BCUT2D eigenvalue weighted by Crippen LogP contribution is -2.44. The zero-order chi connectivity index (χ0) is 17.2. The summed E-state index contributed by atoms with van der Waals surface area (Å²) in [5.41, 5.74) is 0.836. The molecular formula is C16H21F3N4S. The van der Waals surface area contributed by atoms with Gasteiger partial charge in [-0.3, -0.25) is 0 Å². The molecule has 24 heavy (non-hydrogen) atoms. The molecule has 132 valence electrons. The summed E-state index contributed by atoms with van der Waals surface area (Å²) in [5.74, 6) is 3.07. The Morgan fingerprint density at radius 2 is 2.12 bits per heavy atom. The van der Waals surface area contributed by atoms with Gasteiger partial charge in [0.15, 0.2) is 0 Å². The predicted molar refractivity (Wildman–Crippen MR) is 91.4 cm³/mol. The van der Waals surface area contributed by atoms with E-state index in [-0.39, 0.29) is 6.42 Å². The molecule has 1 aliphatic carbocycles. The molecule has 3 rings (SSSR count). The van der Waals surface area contributed by atoms with Crippen molar-refractivity contribution in [2.45, 2.75) is 37.9 Å². The largest absolute Gasteiger partial charge is 0.389 e. The van der Waals surface area contributed by atoms with Crippen molar-refractivity contribution in [2.24, 2.45) is 5.92 Å². The minimum absolute atomic E-state index is 0.219. The number of aromatic nitrogens is 3. The van der Waals surface area contributed by atoms with Crippen molar-refractivity contribution in [2.75, 3.05) is 23.5 Å². The van der Waals surface area contributed by atoms with Crippen LogP contribution in [0.1, 0.15) is 25.7 Å². The zero-order valence-corrected chi connectivity index (χ0v) is 14.3. The third-order valence-corrected chi connectivity index (χ3v) is 5.81. The van der Waals surface area contributed by atoms with Gasteiger partial charge in [0.2, 0.25) is 0 Å². The molecule has 0 aromatic carbocycles. The van der Waals surface area contributed by atoms with Crippen LogP contribution in [0.15, 0.2) is 18.6 Å². The lowest BCUT2D eigenvalue weighted by atomic mass is 9.81. The Kier molecular flexibility index (Phi) is 5.22. The van der Waals surface area contributed by atoms with Gasteiger partial charge in [0.1, 0.15) is 17.8 Å². The van der Waals surface area contributed by atoms with Gasteiger partial charge in [0.25, 0.3) is 0 Å². The van der Waals surface area contributed by atoms with E-state index in [1.807, 2.05) is 19.3 Å². The second-order valence-corrected chi connectivity index (χ2v) is 7.48. The summed E-state index contributed by atoms with van der Waals surface area (Å²) in [7, 11) is 2.05. The summed E-state index contributed by atoms with van der Waals surface area (Å²) in [5, 5.41) is 1.02. The number of fused-ring (bicyclic) bond motifs is 1. The highest BCUT2D eigenvalue weighted by Gasteiger charge is 2.33. The van der Waals surface area contributed by atoms with Crippen molar-refractivity contribution >= 4 is 28.6 Å². The first-order valence-electron chi connectivity index (χ1n) is 8.09. The van der Waals surface area contributed by atoms with Crippen LogP contribution in [0, 0.1) is 5.92 Å². The molecule has 0 aliphatic heterocycles. The van der Waals surface area contributed by atoms with Crippen molar-refractivity contribution in [3.05, 3.63) is 18.6 Å². The van der Waals surface area contributed by atoms with Gasteiger partial charge in [-0.2, -0.15) is 24.9 Å². The maximum Gasteiger partial charge on any atom is 0.389 e. The summed E-state index contributed by atoms with van der Waals surface area (Å²) in [6.07, 6.45) is 1.09. The van der Waals surface area contributed by atoms with E-state index in [9.17, 15) is 13.2 Å². The molecule has 1 N–H and O–H groups in total. The van der Waals surface area contributed by atoms with E-state index in [2.05, 4.69) is 19.9 Å². The lowest BCUT2D eigenvalue weighted by molar-refractivity contribution is -0.134. The number of thioether (sulfide) groups is 1. The molecular weight excluding hydrogens is 337 g/mol. The topological polar surface area (TPSA) is 44.8 Å². The molecule has 2 aromatic heterocycles. The minimum atomic E-state index is -4.02. The van der Waals surface area contributed by atoms with Crippen molar-refractivity contribution in [1.29, 1.82) is 0 Å². The molecule has 0 radical (unpaired) electrons.